The Morgan fingerprint density at radius 3 is 2.18 bits per heavy atom. The molecular formula is C21H24N2O5. The van der Waals surface area contributed by atoms with Crippen LogP contribution in [0.4, 0.5) is 5.69 Å². The Morgan fingerprint density at radius 1 is 0.893 bits per heavy atom. The fourth-order valence-electron chi connectivity index (χ4n) is 2.98. The number of nitrogens with one attached hydrogen (secondary N) is 2. The van der Waals surface area contributed by atoms with Gasteiger partial charge in [-0.15, -0.1) is 0 Å². The van der Waals surface area contributed by atoms with Crippen LogP contribution in [0.1, 0.15) is 12.0 Å². The average molecular weight is 384 g/mol. The molecule has 1 aliphatic carbocycles. The van der Waals surface area contributed by atoms with E-state index in [0.29, 0.717) is 30.2 Å². The number of benzene rings is 2. The molecule has 2 atom stereocenters. The van der Waals surface area contributed by atoms with Gasteiger partial charge in [0, 0.05) is 12.6 Å². The number of amides is 2. The summed E-state index contributed by atoms with van der Waals surface area (Å²) in [6.07, 6.45) is 0.534. The summed E-state index contributed by atoms with van der Waals surface area (Å²) < 4.78 is 15.6. The number of carbonyl (C=O) groups excluding carboxylic acids is 2. The third-order valence-corrected chi connectivity index (χ3v) is 4.75. The molecule has 2 amide bonds. The minimum atomic E-state index is -0.341. The van der Waals surface area contributed by atoms with Crippen LogP contribution in [0.3, 0.4) is 0 Å². The Morgan fingerprint density at radius 2 is 1.54 bits per heavy atom. The molecule has 0 radical (unpaired) electrons. The van der Waals surface area contributed by atoms with E-state index in [4.69, 9.17) is 14.2 Å². The van der Waals surface area contributed by atoms with Crippen molar-refractivity contribution in [3.8, 4) is 17.2 Å². The predicted octanol–water partition coefficient (Wildman–Crippen LogP) is 2.60. The normalized spacial score (nSPS) is 17.4. The lowest BCUT2D eigenvalue weighted by Gasteiger charge is -2.12. The fraction of sp³-hybridized carbons (Fsp3) is 0.333. The molecule has 2 aromatic rings. The second kappa shape index (κ2) is 8.65. The molecule has 0 spiro atoms. The molecule has 0 aromatic heterocycles. The van der Waals surface area contributed by atoms with Crippen molar-refractivity contribution < 1.29 is 23.8 Å². The van der Waals surface area contributed by atoms with E-state index < -0.39 is 0 Å². The SMILES string of the molecule is COc1ccc(CNC(=O)C2CC2C(=O)Nc2cc(OC)ccc2OC)cc1. The molecular weight excluding hydrogens is 360 g/mol. The monoisotopic (exact) mass is 384 g/mol. The summed E-state index contributed by atoms with van der Waals surface area (Å²) in [7, 11) is 4.69. The van der Waals surface area contributed by atoms with Gasteiger partial charge >= 0.3 is 0 Å². The van der Waals surface area contributed by atoms with Crippen molar-refractivity contribution in [2.45, 2.75) is 13.0 Å². The second-order valence-electron chi connectivity index (χ2n) is 6.57. The maximum Gasteiger partial charge on any atom is 0.228 e. The first-order valence-electron chi connectivity index (χ1n) is 8.99. The van der Waals surface area contributed by atoms with Gasteiger partial charge in [0.25, 0.3) is 0 Å². The molecule has 0 aliphatic heterocycles. The number of rotatable bonds is 8. The van der Waals surface area contributed by atoms with Gasteiger partial charge in [-0.1, -0.05) is 12.1 Å². The molecule has 0 saturated heterocycles. The van der Waals surface area contributed by atoms with Gasteiger partial charge in [0.05, 0.1) is 38.9 Å². The zero-order valence-corrected chi connectivity index (χ0v) is 16.2. The first-order valence-corrected chi connectivity index (χ1v) is 8.99. The topological polar surface area (TPSA) is 85.9 Å². The lowest BCUT2D eigenvalue weighted by molar-refractivity contribution is -0.125. The van der Waals surface area contributed by atoms with Crippen molar-refractivity contribution in [1.29, 1.82) is 0 Å². The maximum absolute atomic E-state index is 12.5. The van der Waals surface area contributed by atoms with Crippen molar-refractivity contribution >= 4 is 17.5 Å². The van der Waals surface area contributed by atoms with E-state index >= 15 is 0 Å². The van der Waals surface area contributed by atoms with E-state index in [2.05, 4.69) is 10.6 Å². The van der Waals surface area contributed by atoms with Gasteiger partial charge in [-0.2, -0.15) is 0 Å². The molecule has 2 N–H and O–H groups in total. The van der Waals surface area contributed by atoms with Crippen LogP contribution in [0.2, 0.25) is 0 Å². The molecule has 1 saturated carbocycles. The summed E-state index contributed by atoms with van der Waals surface area (Å²) in [4.78, 5) is 24.8. The van der Waals surface area contributed by atoms with E-state index in [1.807, 2.05) is 24.3 Å². The predicted molar refractivity (Wildman–Crippen MR) is 105 cm³/mol. The van der Waals surface area contributed by atoms with Gasteiger partial charge < -0.3 is 24.8 Å². The zero-order valence-electron chi connectivity index (χ0n) is 16.2. The van der Waals surface area contributed by atoms with E-state index in [9.17, 15) is 9.59 Å². The third kappa shape index (κ3) is 4.54. The largest absolute Gasteiger partial charge is 0.497 e. The van der Waals surface area contributed by atoms with Crippen molar-refractivity contribution in [2.75, 3.05) is 26.6 Å². The first kappa shape index (κ1) is 19.5. The van der Waals surface area contributed by atoms with Crippen molar-refractivity contribution in [3.05, 3.63) is 48.0 Å². The molecule has 1 aliphatic rings. The number of hydrogen-bond donors (Lipinski definition) is 2. The highest BCUT2D eigenvalue weighted by atomic mass is 16.5. The molecule has 2 aromatic carbocycles. The van der Waals surface area contributed by atoms with Crippen LogP contribution < -0.4 is 24.8 Å². The van der Waals surface area contributed by atoms with E-state index in [0.717, 1.165) is 11.3 Å². The molecule has 7 nitrogen and oxygen atoms in total. The van der Waals surface area contributed by atoms with Crippen LogP contribution in [-0.4, -0.2) is 33.1 Å². The number of ether oxygens (including phenoxy) is 3. The third-order valence-electron chi connectivity index (χ3n) is 4.75. The van der Waals surface area contributed by atoms with Gasteiger partial charge in [-0.25, -0.2) is 0 Å². The van der Waals surface area contributed by atoms with Crippen LogP contribution >= 0.6 is 0 Å². The lowest BCUT2D eigenvalue weighted by Crippen LogP contribution is -2.27. The van der Waals surface area contributed by atoms with Crippen LogP contribution in [0.25, 0.3) is 0 Å². The Bertz CT molecular complexity index is 850. The highest BCUT2D eigenvalue weighted by Gasteiger charge is 2.48. The summed E-state index contributed by atoms with van der Waals surface area (Å²) >= 11 is 0. The van der Waals surface area contributed by atoms with Crippen LogP contribution in [0.15, 0.2) is 42.5 Å². The summed E-state index contributed by atoms with van der Waals surface area (Å²) in [6.45, 7) is 0.414. The molecule has 1 fully saturated rings. The second-order valence-corrected chi connectivity index (χ2v) is 6.57. The Hall–Kier alpha value is -3.22. The maximum atomic E-state index is 12.5. The Kier molecular flexibility index (Phi) is 6.03. The minimum absolute atomic E-state index is 0.117. The quantitative estimate of drug-likeness (QED) is 0.731. The van der Waals surface area contributed by atoms with Gasteiger partial charge in [0.1, 0.15) is 17.2 Å². The zero-order chi connectivity index (χ0) is 20.1. The molecule has 0 heterocycles. The summed E-state index contributed by atoms with van der Waals surface area (Å²) in [5.74, 6) is 0.948. The van der Waals surface area contributed by atoms with Crippen molar-refractivity contribution in [2.24, 2.45) is 11.8 Å². The fourth-order valence-corrected chi connectivity index (χ4v) is 2.98. The average Bonchev–Trinajstić information content (AvgIpc) is 3.53. The minimum Gasteiger partial charge on any atom is -0.497 e. The highest BCUT2D eigenvalue weighted by molar-refractivity contribution is 6.00. The van der Waals surface area contributed by atoms with E-state index in [-0.39, 0.29) is 23.7 Å². The smallest absolute Gasteiger partial charge is 0.228 e. The molecule has 2 unspecified atom stereocenters. The summed E-state index contributed by atoms with van der Waals surface area (Å²) in [6, 6.07) is 12.6. The van der Waals surface area contributed by atoms with Gasteiger partial charge in [-0.05, 0) is 36.2 Å². The van der Waals surface area contributed by atoms with Gasteiger partial charge in [0.2, 0.25) is 11.8 Å². The van der Waals surface area contributed by atoms with Gasteiger partial charge in [0.15, 0.2) is 0 Å². The Balaban J connectivity index is 1.52. The highest BCUT2D eigenvalue weighted by Crippen LogP contribution is 2.40. The number of carbonyl (C=O) groups is 2. The standard InChI is InChI=1S/C21H24N2O5/c1-26-14-6-4-13(5-7-14)12-22-20(24)16-11-17(16)21(25)23-18-10-15(27-2)8-9-19(18)28-3/h4-10,16-17H,11-12H2,1-3H3,(H,22,24)(H,23,25). The molecule has 0 bridgehead atoms. The van der Waals surface area contributed by atoms with E-state index in [1.54, 1.807) is 32.4 Å². The van der Waals surface area contributed by atoms with Gasteiger partial charge in [-0.3, -0.25) is 9.59 Å². The number of hydrogen-bond acceptors (Lipinski definition) is 5. The molecule has 148 valence electrons. The van der Waals surface area contributed by atoms with Crippen molar-refractivity contribution in [1.82, 2.24) is 5.32 Å². The van der Waals surface area contributed by atoms with Crippen molar-refractivity contribution in [3.63, 3.8) is 0 Å². The number of anilines is 1. The van der Waals surface area contributed by atoms with Crippen LogP contribution in [0.5, 0.6) is 17.2 Å². The molecule has 7 heteroatoms. The number of methoxy groups -OCH3 is 3. The molecule has 28 heavy (non-hydrogen) atoms. The van der Waals surface area contributed by atoms with Crippen LogP contribution in [-0.2, 0) is 16.1 Å². The first-order chi connectivity index (χ1) is 13.5. The lowest BCUT2D eigenvalue weighted by atomic mass is 10.2. The van der Waals surface area contributed by atoms with E-state index in [1.165, 1.54) is 7.11 Å². The van der Waals surface area contributed by atoms with Crippen LogP contribution in [0, 0.1) is 11.8 Å². The summed E-state index contributed by atoms with van der Waals surface area (Å²) in [5.41, 5.74) is 1.49. The Labute approximate surface area is 164 Å². The summed E-state index contributed by atoms with van der Waals surface area (Å²) in [5, 5.41) is 5.72. The molecule has 3 rings (SSSR count).